The quantitative estimate of drug-likeness (QED) is 0.626. The van der Waals surface area contributed by atoms with E-state index in [0.717, 1.165) is 8.92 Å². The van der Waals surface area contributed by atoms with Crippen LogP contribution in [0.25, 0.3) is 0 Å². The zero-order valence-electron chi connectivity index (χ0n) is 10.2. The molecule has 20 heavy (non-hydrogen) atoms. The number of fused-ring (bicyclic) bond motifs is 2. The van der Waals surface area contributed by atoms with Gasteiger partial charge in [0.05, 0.1) is 0 Å². The molecule has 1 N–H and O–H groups in total. The summed E-state index contributed by atoms with van der Waals surface area (Å²) in [6.45, 7) is 0. The number of hydrogen-bond donors (Lipinski definition) is 1. The monoisotopic (exact) mass is 399 g/mol. The second kappa shape index (κ2) is 5.81. The molecule has 3 rings (SSSR count). The molecule has 2 aromatic carbocycles. The Morgan fingerprint density at radius 1 is 0.800 bits per heavy atom. The molecule has 1 aliphatic rings. The van der Waals surface area contributed by atoms with Crippen molar-refractivity contribution in [2.45, 2.75) is 0 Å². The molecule has 0 fully saturated rings. The van der Waals surface area contributed by atoms with E-state index in [-0.39, 0.29) is 32.2 Å². The van der Waals surface area contributed by atoms with Crippen molar-refractivity contribution in [3.63, 3.8) is 0 Å². The summed E-state index contributed by atoms with van der Waals surface area (Å²) in [7, 11) is 0. The van der Waals surface area contributed by atoms with E-state index in [1.807, 2.05) is 30.3 Å². The third kappa shape index (κ3) is 2.64. The van der Waals surface area contributed by atoms with Crippen molar-refractivity contribution in [1.29, 1.82) is 0 Å². The number of hydrogen-bond acceptors (Lipinski definition) is 3. The van der Waals surface area contributed by atoms with E-state index in [1.54, 1.807) is 18.2 Å². The van der Waals surface area contributed by atoms with Crippen LogP contribution < -0.4 is 14.4 Å². The van der Waals surface area contributed by atoms with Gasteiger partial charge in [0, 0.05) is 0 Å². The Hall–Kier alpha value is -1.58. The molecule has 1 aliphatic heterocycles. The molecule has 0 saturated heterocycles. The summed E-state index contributed by atoms with van der Waals surface area (Å²) in [6, 6.07) is 14.8. The maximum atomic E-state index is 12.0. The Labute approximate surface area is 126 Å². The molecular formula is C14H9NO3Se2. The molecule has 0 saturated carbocycles. The SMILES string of the molecule is O=C1NOC(=O)c2ccccc2[Se][Se]c2ccccc21. The van der Waals surface area contributed by atoms with Crippen molar-refractivity contribution >= 4 is 47.1 Å². The van der Waals surface area contributed by atoms with Crippen LogP contribution in [0.2, 0.25) is 0 Å². The molecule has 1 amide bonds. The van der Waals surface area contributed by atoms with Crippen molar-refractivity contribution in [3.05, 3.63) is 59.7 Å². The summed E-state index contributed by atoms with van der Waals surface area (Å²) >= 11 is 0.283. The third-order valence-electron chi connectivity index (χ3n) is 2.70. The molecule has 0 spiro atoms. The first-order valence-corrected chi connectivity index (χ1v) is 11.8. The Morgan fingerprint density at radius 2 is 1.35 bits per heavy atom. The second-order valence-corrected chi connectivity index (χ2v) is 10.2. The number of carbonyl (C=O) groups is 2. The molecule has 0 bridgehead atoms. The van der Waals surface area contributed by atoms with E-state index in [9.17, 15) is 9.59 Å². The van der Waals surface area contributed by atoms with Crippen LogP contribution in [0.4, 0.5) is 0 Å². The first-order chi connectivity index (χ1) is 9.75. The van der Waals surface area contributed by atoms with Crippen LogP contribution in [0.1, 0.15) is 20.7 Å². The van der Waals surface area contributed by atoms with Crippen LogP contribution in [0.3, 0.4) is 0 Å². The minimum absolute atomic E-state index is 0.135. The first-order valence-electron chi connectivity index (χ1n) is 5.80. The topological polar surface area (TPSA) is 55.4 Å². The average Bonchev–Trinajstić information content (AvgIpc) is 2.50. The molecule has 0 aromatic heterocycles. The van der Waals surface area contributed by atoms with Gasteiger partial charge in [-0.05, 0) is 0 Å². The Bertz CT molecular complexity index is 628. The van der Waals surface area contributed by atoms with Crippen LogP contribution >= 0.6 is 0 Å². The van der Waals surface area contributed by atoms with Crippen molar-refractivity contribution in [2.75, 3.05) is 0 Å². The average molecular weight is 397 g/mol. The van der Waals surface area contributed by atoms with E-state index < -0.39 is 5.97 Å². The normalized spacial score (nSPS) is 14.6. The molecule has 0 radical (unpaired) electrons. The van der Waals surface area contributed by atoms with E-state index >= 15 is 0 Å². The van der Waals surface area contributed by atoms with Crippen LogP contribution in [-0.2, 0) is 4.84 Å². The van der Waals surface area contributed by atoms with Crippen LogP contribution in [0.15, 0.2) is 48.5 Å². The fourth-order valence-corrected chi connectivity index (χ4v) is 8.82. The fourth-order valence-electron chi connectivity index (χ4n) is 1.73. The molecule has 100 valence electrons. The van der Waals surface area contributed by atoms with Gasteiger partial charge >= 0.3 is 127 Å². The molecule has 4 nitrogen and oxygen atoms in total. The summed E-state index contributed by atoms with van der Waals surface area (Å²) < 4.78 is 2.04. The number of benzene rings is 2. The molecular weight excluding hydrogens is 388 g/mol. The fraction of sp³-hybridized carbons (Fsp3) is 0. The summed E-state index contributed by atoms with van der Waals surface area (Å²) in [5.74, 6) is -0.878. The molecule has 6 heteroatoms. The second-order valence-electron chi connectivity index (χ2n) is 3.98. The zero-order valence-corrected chi connectivity index (χ0v) is 13.6. The predicted molar refractivity (Wildman–Crippen MR) is 76.5 cm³/mol. The van der Waals surface area contributed by atoms with Gasteiger partial charge < -0.3 is 0 Å². The van der Waals surface area contributed by atoms with Gasteiger partial charge in [-0.3, -0.25) is 0 Å². The number of amides is 1. The van der Waals surface area contributed by atoms with Crippen LogP contribution in [0, 0.1) is 0 Å². The zero-order chi connectivity index (χ0) is 13.9. The number of hydroxylamine groups is 1. The van der Waals surface area contributed by atoms with Crippen LogP contribution in [-0.4, -0.2) is 38.1 Å². The van der Waals surface area contributed by atoms with E-state index in [4.69, 9.17) is 4.84 Å². The van der Waals surface area contributed by atoms with Gasteiger partial charge in [0.15, 0.2) is 0 Å². The van der Waals surface area contributed by atoms with Gasteiger partial charge in [0.1, 0.15) is 0 Å². The van der Waals surface area contributed by atoms with Crippen molar-refractivity contribution < 1.29 is 14.4 Å². The van der Waals surface area contributed by atoms with Gasteiger partial charge in [-0.15, -0.1) is 0 Å². The van der Waals surface area contributed by atoms with Crippen molar-refractivity contribution in [1.82, 2.24) is 5.48 Å². The maximum absolute atomic E-state index is 12.0. The summed E-state index contributed by atoms with van der Waals surface area (Å²) in [4.78, 5) is 28.9. The Balaban J connectivity index is 2.03. The van der Waals surface area contributed by atoms with Crippen molar-refractivity contribution in [3.8, 4) is 0 Å². The summed E-state index contributed by atoms with van der Waals surface area (Å²) in [6.07, 6.45) is 0. The standard InChI is InChI=1S/C14H9NO3Se2/c16-13-9-5-1-3-7-11(9)19-20-12-8-4-2-6-10(12)14(17)18-15-13/h1-8H,(H,15,16). The molecule has 0 unspecified atom stereocenters. The van der Waals surface area contributed by atoms with E-state index in [2.05, 4.69) is 5.48 Å². The first kappa shape index (κ1) is 13.4. The van der Waals surface area contributed by atoms with Crippen LogP contribution in [0.5, 0.6) is 0 Å². The van der Waals surface area contributed by atoms with Gasteiger partial charge in [0.2, 0.25) is 0 Å². The summed E-state index contributed by atoms with van der Waals surface area (Å²) in [5.41, 5.74) is 3.35. The predicted octanol–water partition coefficient (Wildman–Crippen LogP) is -0.224. The van der Waals surface area contributed by atoms with Gasteiger partial charge in [-0.25, -0.2) is 0 Å². The van der Waals surface area contributed by atoms with Gasteiger partial charge in [0.25, 0.3) is 0 Å². The Morgan fingerprint density at radius 3 is 2.05 bits per heavy atom. The molecule has 2 aromatic rings. The number of nitrogens with one attached hydrogen (secondary N) is 1. The van der Waals surface area contributed by atoms with Gasteiger partial charge in [-0.2, -0.15) is 0 Å². The summed E-state index contributed by atoms with van der Waals surface area (Å²) in [5, 5.41) is 0. The van der Waals surface area contributed by atoms with E-state index in [1.165, 1.54) is 0 Å². The molecule has 0 atom stereocenters. The Kier molecular flexibility index (Phi) is 3.90. The van der Waals surface area contributed by atoms with Gasteiger partial charge in [-0.1, -0.05) is 0 Å². The number of rotatable bonds is 0. The van der Waals surface area contributed by atoms with E-state index in [0.29, 0.717) is 11.1 Å². The minimum atomic E-state index is -0.508. The third-order valence-corrected chi connectivity index (χ3v) is 9.94. The van der Waals surface area contributed by atoms with Crippen molar-refractivity contribution in [2.24, 2.45) is 0 Å². The molecule has 0 aliphatic carbocycles. The molecule has 1 heterocycles. The number of carbonyl (C=O) groups excluding carboxylic acids is 2.